The lowest BCUT2D eigenvalue weighted by molar-refractivity contribution is -0.122. The summed E-state index contributed by atoms with van der Waals surface area (Å²) in [5, 5.41) is 7.93. The van der Waals surface area contributed by atoms with Crippen LogP contribution in [-0.4, -0.2) is 23.5 Å². The molecule has 142 valence electrons. The van der Waals surface area contributed by atoms with E-state index in [4.69, 9.17) is 5.14 Å². The van der Waals surface area contributed by atoms with Crippen LogP contribution < -0.4 is 16.1 Å². The van der Waals surface area contributed by atoms with Gasteiger partial charge in [0.15, 0.2) is 0 Å². The number of aromatic nitrogens is 2. The summed E-state index contributed by atoms with van der Waals surface area (Å²) in [4.78, 5) is 24.8. The third kappa shape index (κ3) is 3.79. The predicted octanol–water partition coefficient (Wildman–Crippen LogP) is 0.865. The third-order valence-corrected chi connectivity index (χ3v) is 5.33. The van der Waals surface area contributed by atoms with Crippen LogP contribution in [0.5, 0.6) is 0 Å². The number of benzene rings is 2. The molecule has 0 spiro atoms. The Bertz CT molecular complexity index is 1180. The number of carbonyl (C=O) groups excluding carboxylic acids is 1. The number of para-hydroxylation sites is 2. The van der Waals surface area contributed by atoms with Crippen molar-refractivity contribution >= 4 is 27.0 Å². The van der Waals surface area contributed by atoms with Gasteiger partial charge in [-0.1, -0.05) is 24.3 Å². The number of nitrogens with two attached hydrogens (primary N) is 1. The van der Waals surface area contributed by atoms with E-state index in [0.717, 1.165) is 5.52 Å². The van der Waals surface area contributed by atoms with Crippen LogP contribution in [0.2, 0.25) is 0 Å². The van der Waals surface area contributed by atoms with Gasteiger partial charge in [0.05, 0.1) is 22.0 Å². The zero-order chi connectivity index (χ0) is 19.8. The highest BCUT2D eigenvalue weighted by Gasteiger charge is 2.16. The van der Waals surface area contributed by atoms with Crippen molar-refractivity contribution in [3.8, 4) is 0 Å². The molecule has 0 aliphatic rings. The van der Waals surface area contributed by atoms with E-state index < -0.39 is 16.1 Å². The number of primary sulfonamides is 1. The maximum atomic E-state index is 12.5. The van der Waals surface area contributed by atoms with Crippen molar-refractivity contribution in [2.24, 2.45) is 12.2 Å². The van der Waals surface area contributed by atoms with Crippen molar-refractivity contribution in [3.05, 3.63) is 64.6 Å². The second-order valence-corrected chi connectivity index (χ2v) is 7.88. The lowest BCUT2D eigenvalue weighted by atomic mass is 10.1. The van der Waals surface area contributed by atoms with Crippen LogP contribution >= 0.6 is 0 Å². The molecular formula is C18H20N4O4S. The summed E-state index contributed by atoms with van der Waals surface area (Å²) in [7, 11) is -2.17. The molecule has 0 saturated heterocycles. The van der Waals surface area contributed by atoms with Crippen LogP contribution in [0.3, 0.4) is 0 Å². The van der Waals surface area contributed by atoms with Gasteiger partial charge < -0.3 is 5.32 Å². The molecule has 8 nitrogen and oxygen atoms in total. The smallest absolute Gasteiger partial charge is 0.329 e. The van der Waals surface area contributed by atoms with Gasteiger partial charge in [0.2, 0.25) is 15.9 Å². The summed E-state index contributed by atoms with van der Waals surface area (Å²) in [5.41, 5.74) is 1.73. The van der Waals surface area contributed by atoms with Crippen LogP contribution in [-0.2, 0) is 28.4 Å². The predicted molar refractivity (Wildman–Crippen MR) is 102 cm³/mol. The molecule has 1 heterocycles. The monoisotopic (exact) mass is 388 g/mol. The Balaban J connectivity index is 1.81. The Hall–Kier alpha value is -2.91. The number of rotatable bonds is 5. The average Bonchev–Trinajstić information content (AvgIpc) is 2.86. The first-order chi connectivity index (χ1) is 12.7. The van der Waals surface area contributed by atoms with Gasteiger partial charge in [-0.2, -0.15) is 0 Å². The van der Waals surface area contributed by atoms with E-state index >= 15 is 0 Å². The van der Waals surface area contributed by atoms with Crippen molar-refractivity contribution in [2.45, 2.75) is 24.4 Å². The van der Waals surface area contributed by atoms with E-state index in [1.807, 2.05) is 12.1 Å². The number of amides is 1. The zero-order valence-electron chi connectivity index (χ0n) is 14.9. The summed E-state index contributed by atoms with van der Waals surface area (Å²) in [6, 6.07) is 12.8. The minimum absolute atomic E-state index is 0.0219. The molecule has 0 radical (unpaired) electrons. The van der Waals surface area contributed by atoms with E-state index in [9.17, 15) is 18.0 Å². The number of hydrogen-bond acceptors (Lipinski definition) is 4. The maximum absolute atomic E-state index is 12.5. The van der Waals surface area contributed by atoms with Crippen LogP contribution in [0.25, 0.3) is 11.0 Å². The van der Waals surface area contributed by atoms with E-state index in [1.165, 1.54) is 21.3 Å². The van der Waals surface area contributed by atoms with E-state index in [2.05, 4.69) is 5.32 Å². The lowest BCUT2D eigenvalue weighted by Crippen LogP contribution is -2.34. The Kier molecular flexibility index (Phi) is 4.90. The number of hydrogen-bond donors (Lipinski definition) is 2. The Morgan fingerprint density at radius 2 is 1.81 bits per heavy atom. The molecular weight excluding hydrogens is 368 g/mol. The SMILES string of the molecule is CC(NC(=O)Cn1c(=O)n(C)c2ccccc21)c1cccc(S(N)(=O)=O)c1. The minimum Gasteiger partial charge on any atom is -0.348 e. The topological polar surface area (TPSA) is 116 Å². The fourth-order valence-electron chi connectivity index (χ4n) is 2.99. The van der Waals surface area contributed by atoms with Gasteiger partial charge in [-0.15, -0.1) is 0 Å². The standard InChI is InChI=1S/C18H20N4O4S/c1-12(13-6-5-7-14(10-13)27(19,25)26)20-17(23)11-22-16-9-4-3-8-15(16)21(2)18(22)24/h3-10,12H,11H2,1-2H3,(H,20,23)(H2,19,25,26). The molecule has 1 aromatic heterocycles. The van der Waals surface area contributed by atoms with Crippen LogP contribution in [0.4, 0.5) is 0 Å². The minimum atomic E-state index is -3.82. The molecule has 27 heavy (non-hydrogen) atoms. The van der Waals surface area contributed by atoms with E-state index in [-0.39, 0.29) is 23.0 Å². The fraction of sp³-hybridized carbons (Fsp3) is 0.222. The Morgan fingerprint density at radius 3 is 2.48 bits per heavy atom. The van der Waals surface area contributed by atoms with Gasteiger partial charge in [-0.25, -0.2) is 18.4 Å². The number of nitrogens with one attached hydrogen (secondary N) is 1. The summed E-state index contributed by atoms with van der Waals surface area (Å²) in [5.74, 6) is -0.359. The molecule has 3 rings (SSSR count). The zero-order valence-corrected chi connectivity index (χ0v) is 15.7. The number of fused-ring (bicyclic) bond motifs is 1. The molecule has 0 fully saturated rings. The summed E-state index contributed by atoms with van der Waals surface area (Å²) in [6.45, 7) is 1.59. The van der Waals surface area contributed by atoms with Crippen molar-refractivity contribution in [2.75, 3.05) is 0 Å². The number of nitrogens with zero attached hydrogens (tertiary/aromatic N) is 2. The largest absolute Gasteiger partial charge is 0.348 e. The Morgan fingerprint density at radius 1 is 1.15 bits per heavy atom. The third-order valence-electron chi connectivity index (χ3n) is 4.42. The van der Waals surface area contributed by atoms with E-state index in [1.54, 1.807) is 38.2 Å². The van der Waals surface area contributed by atoms with Gasteiger partial charge in [0.25, 0.3) is 0 Å². The first kappa shape index (κ1) is 18.9. The molecule has 1 atom stereocenters. The summed E-state index contributed by atoms with van der Waals surface area (Å²) < 4.78 is 25.9. The van der Waals surface area contributed by atoms with Gasteiger partial charge in [-0.05, 0) is 36.8 Å². The normalized spacial score (nSPS) is 12.9. The molecule has 9 heteroatoms. The molecule has 0 bridgehead atoms. The highest BCUT2D eigenvalue weighted by Crippen LogP contribution is 2.17. The Labute approximate surface area is 156 Å². The summed E-state index contributed by atoms with van der Waals surface area (Å²) in [6.07, 6.45) is 0. The molecule has 0 aliphatic heterocycles. The highest BCUT2D eigenvalue weighted by molar-refractivity contribution is 7.89. The molecule has 2 aromatic carbocycles. The van der Waals surface area contributed by atoms with Crippen LogP contribution in [0, 0.1) is 0 Å². The molecule has 1 amide bonds. The van der Waals surface area contributed by atoms with Gasteiger partial charge in [-0.3, -0.25) is 13.9 Å². The van der Waals surface area contributed by atoms with Crippen LogP contribution in [0.1, 0.15) is 18.5 Å². The molecule has 3 N–H and O–H groups in total. The van der Waals surface area contributed by atoms with E-state index in [0.29, 0.717) is 11.1 Å². The maximum Gasteiger partial charge on any atom is 0.329 e. The molecule has 3 aromatic rings. The van der Waals surface area contributed by atoms with Crippen molar-refractivity contribution in [1.29, 1.82) is 0 Å². The molecule has 0 saturated carbocycles. The quantitative estimate of drug-likeness (QED) is 0.674. The second kappa shape index (κ2) is 7.01. The first-order valence-corrected chi connectivity index (χ1v) is 9.79. The summed E-state index contributed by atoms with van der Waals surface area (Å²) >= 11 is 0. The number of carbonyl (C=O) groups is 1. The fourth-order valence-corrected chi connectivity index (χ4v) is 3.56. The lowest BCUT2D eigenvalue weighted by Gasteiger charge is -2.15. The van der Waals surface area contributed by atoms with Crippen molar-refractivity contribution < 1.29 is 13.2 Å². The first-order valence-electron chi connectivity index (χ1n) is 8.25. The van der Waals surface area contributed by atoms with Crippen LogP contribution in [0.15, 0.2) is 58.2 Å². The van der Waals surface area contributed by atoms with Gasteiger partial charge in [0, 0.05) is 7.05 Å². The number of imidazole rings is 1. The average molecular weight is 388 g/mol. The molecule has 0 aliphatic carbocycles. The highest BCUT2D eigenvalue weighted by atomic mass is 32.2. The van der Waals surface area contributed by atoms with Gasteiger partial charge >= 0.3 is 5.69 Å². The van der Waals surface area contributed by atoms with Gasteiger partial charge in [0.1, 0.15) is 6.54 Å². The van der Waals surface area contributed by atoms with Crippen molar-refractivity contribution in [3.63, 3.8) is 0 Å². The number of aryl methyl sites for hydroxylation is 1. The molecule has 1 unspecified atom stereocenters. The second-order valence-electron chi connectivity index (χ2n) is 6.32. The van der Waals surface area contributed by atoms with Crippen molar-refractivity contribution in [1.82, 2.24) is 14.5 Å². The number of sulfonamides is 1.